The van der Waals surface area contributed by atoms with E-state index in [4.69, 9.17) is 11.6 Å². The molecule has 0 aliphatic carbocycles. The number of aliphatic hydroxyl groups excluding tert-OH is 1. The number of rotatable bonds is 3. The fourth-order valence-electron chi connectivity index (χ4n) is 1.51. The second-order valence-corrected chi connectivity index (χ2v) is 3.84. The zero-order valence-electron chi connectivity index (χ0n) is 8.51. The summed E-state index contributed by atoms with van der Waals surface area (Å²) in [5.74, 6) is 0.0965. The van der Waals surface area contributed by atoms with Crippen molar-refractivity contribution < 1.29 is 5.11 Å². The van der Waals surface area contributed by atoms with Crippen molar-refractivity contribution in [2.24, 2.45) is 0 Å². The minimum absolute atomic E-state index is 0.0965. The Morgan fingerprint density at radius 3 is 2.94 bits per heavy atom. The number of nitrogens with zero attached hydrogens (tertiary/aromatic N) is 2. The van der Waals surface area contributed by atoms with Gasteiger partial charge in [0.2, 0.25) is 0 Å². The van der Waals surface area contributed by atoms with Crippen LogP contribution in [0.25, 0.3) is 10.9 Å². The number of hydrogen-bond acceptors (Lipinski definition) is 3. The zero-order valence-corrected chi connectivity index (χ0v) is 9.26. The smallest absolute Gasteiger partial charge is 0.261 e. The molecule has 0 aliphatic heterocycles. The molecule has 4 nitrogen and oxygen atoms in total. The summed E-state index contributed by atoms with van der Waals surface area (Å²) in [6, 6.07) is 7.10. The molecule has 0 aliphatic rings. The minimum atomic E-state index is -0.734. The van der Waals surface area contributed by atoms with Crippen LogP contribution in [-0.4, -0.2) is 26.6 Å². The quantitative estimate of drug-likeness (QED) is 0.812. The molecule has 0 amide bonds. The molecule has 2 rings (SSSR count). The molecule has 1 aromatic heterocycles. The van der Waals surface area contributed by atoms with Gasteiger partial charge >= 0.3 is 0 Å². The lowest BCUT2D eigenvalue weighted by molar-refractivity contribution is 0.175. The van der Waals surface area contributed by atoms with E-state index in [0.29, 0.717) is 10.9 Å². The standard InChI is InChI=1S/C11H11ClN2O2/c12-5-8(15)6-14-7-13-10-4-2-1-3-9(10)11(14)16/h1-4,7-8,15H,5-6H2. The summed E-state index contributed by atoms with van der Waals surface area (Å²) in [5.41, 5.74) is 0.499. The van der Waals surface area contributed by atoms with Gasteiger partial charge in [-0.05, 0) is 12.1 Å². The molecule has 84 valence electrons. The highest BCUT2D eigenvalue weighted by Gasteiger charge is 2.07. The number of halogens is 1. The van der Waals surface area contributed by atoms with Gasteiger partial charge in [0, 0.05) is 0 Å². The highest BCUT2D eigenvalue weighted by Crippen LogP contribution is 2.04. The van der Waals surface area contributed by atoms with E-state index in [-0.39, 0.29) is 18.0 Å². The van der Waals surface area contributed by atoms with Gasteiger partial charge in [-0.3, -0.25) is 9.36 Å². The predicted octanol–water partition coefficient (Wildman–Crippen LogP) is 0.996. The maximum absolute atomic E-state index is 11.9. The second-order valence-electron chi connectivity index (χ2n) is 3.53. The van der Waals surface area contributed by atoms with Crippen molar-refractivity contribution >= 4 is 22.5 Å². The van der Waals surface area contributed by atoms with Crippen LogP contribution in [0.15, 0.2) is 35.4 Å². The van der Waals surface area contributed by atoms with Gasteiger partial charge in [0.05, 0.1) is 35.8 Å². The Balaban J connectivity index is 2.49. The molecule has 0 spiro atoms. The number of para-hydroxylation sites is 1. The maximum Gasteiger partial charge on any atom is 0.261 e. The highest BCUT2D eigenvalue weighted by atomic mass is 35.5. The van der Waals surface area contributed by atoms with Crippen LogP contribution in [0.4, 0.5) is 0 Å². The molecular weight excluding hydrogens is 228 g/mol. The van der Waals surface area contributed by atoms with Crippen LogP contribution in [0.2, 0.25) is 0 Å². The van der Waals surface area contributed by atoms with E-state index in [1.54, 1.807) is 18.2 Å². The molecule has 0 bridgehead atoms. The van der Waals surface area contributed by atoms with Gasteiger partial charge in [0.1, 0.15) is 0 Å². The van der Waals surface area contributed by atoms with Gasteiger partial charge < -0.3 is 5.11 Å². The van der Waals surface area contributed by atoms with Gasteiger partial charge in [-0.15, -0.1) is 11.6 Å². The Labute approximate surface area is 97.1 Å². The van der Waals surface area contributed by atoms with E-state index < -0.39 is 6.10 Å². The third kappa shape index (κ3) is 2.08. The van der Waals surface area contributed by atoms with Gasteiger partial charge in [-0.1, -0.05) is 12.1 Å². The first kappa shape index (κ1) is 11.1. The molecule has 1 aromatic carbocycles. The predicted molar refractivity (Wildman–Crippen MR) is 62.7 cm³/mol. The molecule has 1 unspecified atom stereocenters. The van der Waals surface area contributed by atoms with Gasteiger partial charge in [0.15, 0.2) is 0 Å². The lowest BCUT2D eigenvalue weighted by Gasteiger charge is -2.09. The Bertz CT molecular complexity index is 553. The van der Waals surface area contributed by atoms with E-state index in [9.17, 15) is 9.90 Å². The summed E-state index contributed by atoms with van der Waals surface area (Å²) in [4.78, 5) is 16.1. The molecular formula is C11H11ClN2O2. The van der Waals surface area contributed by atoms with Crippen LogP contribution in [0.5, 0.6) is 0 Å². The van der Waals surface area contributed by atoms with Crippen LogP contribution >= 0.6 is 11.6 Å². The van der Waals surface area contributed by atoms with Crippen molar-refractivity contribution in [3.8, 4) is 0 Å². The summed E-state index contributed by atoms with van der Waals surface area (Å²) < 4.78 is 1.37. The van der Waals surface area contributed by atoms with Crippen molar-refractivity contribution in [1.82, 2.24) is 9.55 Å². The Morgan fingerprint density at radius 1 is 1.44 bits per heavy atom. The average Bonchev–Trinajstić information content (AvgIpc) is 2.33. The maximum atomic E-state index is 11.9. The van der Waals surface area contributed by atoms with Crippen molar-refractivity contribution in [2.75, 3.05) is 5.88 Å². The van der Waals surface area contributed by atoms with E-state index in [1.165, 1.54) is 10.9 Å². The van der Waals surface area contributed by atoms with Gasteiger partial charge in [0.25, 0.3) is 5.56 Å². The first-order chi connectivity index (χ1) is 7.72. The van der Waals surface area contributed by atoms with Crippen molar-refractivity contribution in [3.05, 3.63) is 40.9 Å². The number of benzene rings is 1. The van der Waals surface area contributed by atoms with Gasteiger partial charge in [-0.2, -0.15) is 0 Å². The minimum Gasteiger partial charge on any atom is -0.390 e. The molecule has 0 saturated carbocycles. The average molecular weight is 239 g/mol. The van der Waals surface area contributed by atoms with Gasteiger partial charge in [-0.25, -0.2) is 4.98 Å². The van der Waals surface area contributed by atoms with Crippen LogP contribution in [-0.2, 0) is 6.54 Å². The second kappa shape index (κ2) is 4.63. The van der Waals surface area contributed by atoms with E-state index >= 15 is 0 Å². The molecule has 1 atom stereocenters. The van der Waals surface area contributed by atoms with Crippen LogP contribution in [0.1, 0.15) is 0 Å². The van der Waals surface area contributed by atoms with Crippen LogP contribution in [0.3, 0.4) is 0 Å². The number of alkyl halides is 1. The third-order valence-electron chi connectivity index (χ3n) is 2.32. The first-order valence-corrected chi connectivity index (χ1v) is 5.44. The van der Waals surface area contributed by atoms with E-state index in [1.807, 2.05) is 6.07 Å². The van der Waals surface area contributed by atoms with E-state index in [2.05, 4.69) is 4.98 Å². The molecule has 1 heterocycles. The fourth-order valence-corrected chi connectivity index (χ4v) is 1.61. The zero-order chi connectivity index (χ0) is 11.5. The number of hydrogen-bond donors (Lipinski definition) is 1. The Kier molecular flexibility index (Phi) is 3.22. The molecule has 2 aromatic rings. The van der Waals surface area contributed by atoms with Crippen molar-refractivity contribution in [1.29, 1.82) is 0 Å². The van der Waals surface area contributed by atoms with Crippen molar-refractivity contribution in [3.63, 3.8) is 0 Å². The van der Waals surface area contributed by atoms with Crippen molar-refractivity contribution in [2.45, 2.75) is 12.6 Å². The molecule has 0 fully saturated rings. The number of aliphatic hydroxyl groups is 1. The molecule has 16 heavy (non-hydrogen) atoms. The Hall–Kier alpha value is -1.39. The Morgan fingerprint density at radius 2 is 2.19 bits per heavy atom. The first-order valence-electron chi connectivity index (χ1n) is 4.90. The summed E-state index contributed by atoms with van der Waals surface area (Å²) >= 11 is 5.49. The topological polar surface area (TPSA) is 55.1 Å². The summed E-state index contributed by atoms with van der Waals surface area (Å²) in [5, 5.41) is 9.94. The van der Waals surface area contributed by atoms with Crippen LogP contribution in [0, 0.1) is 0 Å². The molecule has 5 heteroatoms. The lowest BCUT2D eigenvalue weighted by Crippen LogP contribution is -2.27. The fraction of sp³-hybridized carbons (Fsp3) is 0.273. The molecule has 0 saturated heterocycles. The molecule has 1 N–H and O–H groups in total. The summed E-state index contributed by atoms with van der Waals surface area (Å²) in [7, 11) is 0. The van der Waals surface area contributed by atoms with Crippen LogP contribution < -0.4 is 5.56 Å². The van der Waals surface area contributed by atoms with E-state index in [0.717, 1.165) is 0 Å². The number of fused-ring (bicyclic) bond motifs is 1. The third-order valence-corrected chi connectivity index (χ3v) is 2.67. The number of aromatic nitrogens is 2. The SMILES string of the molecule is O=c1c2ccccc2ncn1CC(O)CCl. The monoisotopic (exact) mass is 238 g/mol. The molecule has 0 radical (unpaired) electrons. The highest BCUT2D eigenvalue weighted by molar-refractivity contribution is 6.18. The lowest BCUT2D eigenvalue weighted by atomic mass is 10.2. The summed E-state index contributed by atoms with van der Waals surface area (Å²) in [6.07, 6.45) is 0.697. The largest absolute Gasteiger partial charge is 0.390 e. The normalized spacial score (nSPS) is 12.9. The summed E-state index contributed by atoms with van der Waals surface area (Å²) in [6.45, 7) is 0.167.